The Morgan fingerprint density at radius 1 is 1.04 bits per heavy atom. The van der Waals surface area contributed by atoms with E-state index in [1.165, 1.54) is 4.90 Å². The highest BCUT2D eigenvalue weighted by Gasteiger charge is 2.05. The number of carbonyl (C=O) groups excluding carboxylic acids is 2. The van der Waals surface area contributed by atoms with Gasteiger partial charge in [-0.2, -0.15) is 0 Å². The van der Waals surface area contributed by atoms with Gasteiger partial charge in [0.1, 0.15) is 6.54 Å². The molecule has 1 aromatic carbocycles. The Bertz CT molecular complexity index is 543. The topological polar surface area (TPSA) is 85.8 Å². The molecule has 0 radical (unpaired) electrons. The fourth-order valence-electron chi connectivity index (χ4n) is 1.82. The van der Waals surface area contributed by atoms with Crippen molar-refractivity contribution in [3.63, 3.8) is 0 Å². The zero-order valence-corrected chi connectivity index (χ0v) is 14.6. The van der Waals surface area contributed by atoms with Crippen molar-refractivity contribution in [2.75, 3.05) is 40.3 Å². The van der Waals surface area contributed by atoms with Crippen LogP contribution in [0.5, 0.6) is 0 Å². The number of likely N-dealkylation sites (N-methyl/N-ethyl adjacent to an activating group) is 1. The van der Waals surface area contributed by atoms with E-state index in [1.54, 1.807) is 26.2 Å². The van der Waals surface area contributed by atoms with Crippen molar-refractivity contribution in [1.29, 1.82) is 0 Å². The van der Waals surface area contributed by atoms with Crippen LogP contribution in [-0.4, -0.2) is 62.9 Å². The Morgan fingerprint density at radius 2 is 1.71 bits per heavy atom. The molecule has 2 amide bonds. The molecule has 0 fully saturated rings. The van der Waals surface area contributed by atoms with E-state index in [1.807, 2.05) is 25.1 Å². The Morgan fingerprint density at radius 3 is 2.33 bits per heavy atom. The smallest absolute Gasteiger partial charge is 0.251 e. The highest BCUT2D eigenvalue weighted by Crippen LogP contribution is 1.97. The van der Waals surface area contributed by atoms with Crippen LogP contribution in [0.2, 0.25) is 0 Å². The lowest BCUT2D eigenvalue weighted by atomic mass is 10.2. The molecular formula is C17H27N5O2. The van der Waals surface area contributed by atoms with Gasteiger partial charge in [0.25, 0.3) is 5.91 Å². The third kappa shape index (κ3) is 7.62. The van der Waals surface area contributed by atoms with Crippen LogP contribution in [0.15, 0.2) is 35.3 Å². The number of nitrogens with one attached hydrogen (secondary N) is 3. The monoisotopic (exact) mass is 333 g/mol. The maximum atomic E-state index is 11.9. The molecule has 0 aliphatic carbocycles. The zero-order valence-electron chi connectivity index (χ0n) is 14.6. The van der Waals surface area contributed by atoms with Gasteiger partial charge in [-0.15, -0.1) is 0 Å². The summed E-state index contributed by atoms with van der Waals surface area (Å²) in [4.78, 5) is 29.2. The fourth-order valence-corrected chi connectivity index (χ4v) is 1.82. The summed E-state index contributed by atoms with van der Waals surface area (Å²) in [5.41, 5.74) is 0.655. The summed E-state index contributed by atoms with van der Waals surface area (Å²) in [6.45, 7) is 4.00. The van der Waals surface area contributed by atoms with Gasteiger partial charge in [0, 0.05) is 39.3 Å². The minimum absolute atomic E-state index is 0.0534. The van der Waals surface area contributed by atoms with Crippen molar-refractivity contribution in [1.82, 2.24) is 20.9 Å². The van der Waals surface area contributed by atoms with Gasteiger partial charge in [0.2, 0.25) is 5.91 Å². The number of rotatable bonds is 8. The van der Waals surface area contributed by atoms with Crippen LogP contribution in [0.25, 0.3) is 0 Å². The van der Waals surface area contributed by atoms with Crippen LogP contribution < -0.4 is 16.0 Å². The molecule has 3 N–H and O–H groups in total. The molecule has 7 nitrogen and oxygen atoms in total. The van der Waals surface area contributed by atoms with Gasteiger partial charge in [-0.05, 0) is 25.5 Å². The van der Waals surface area contributed by atoms with Crippen molar-refractivity contribution >= 4 is 17.8 Å². The predicted molar refractivity (Wildman–Crippen MR) is 96.1 cm³/mol. The van der Waals surface area contributed by atoms with Crippen molar-refractivity contribution in [3.05, 3.63) is 35.9 Å². The molecule has 0 aliphatic rings. The van der Waals surface area contributed by atoms with Gasteiger partial charge in [0.05, 0.1) is 0 Å². The normalized spacial score (nSPS) is 10.9. The number of hydrogen-bond acceptors (Lipinski definition) is 3. The van der Waals surface area contributed by atoms with Crippen molar-refractivity contribution in [2.24, 2.45) is 4.99 Å². The average Bonchev–Trinajstić information content (AvgIpc) is 2.59. The molecule has 0 spiro atoms. The summed E-state index contributed by atoms with van der Waals surface area (Å²) < 4.78 is 0. The van der Waals surface area contributed by atoms with Crippen LogP contribution in [0.3, 0.4) is 0 Å². The predicted octanol–water partition coefficient (Wildman–Crippen LogP) is 0.450. The Balaban J connectivity index is 2.29. The van der Waals surface area contributed by atoms with Crippen molar-refractivity contribution in [2.45, 2.75) is 13.3 Å². The minimum Gasteiger partial charge on any atom is -0.357 e. The van der Waals surface area contributed by atoms with E-state index in [0.29, 0.717) is 31.2 Å². The Kier molecular flexibility index (Phi) is 8.96. The number of benzene rings is 1. The molecule has 0 aliphatic heterocycles. The average molecular weight is 333 g/mol. The minimum atomic E-state index is -0.0762. The molecule has 0 atom stereocenters. The van der Waals surface area contributed by atoms with Crippen LogP contribution in [0.1, 0.15) is 23.7 Å². The first-order valence-electron chi connectivity index (χ1n) is 8.10. The summed E-state index contributed by atoms with van der Waals surface area (Å²) in [5.74, 6) is 0.470. The number of carbonyl (C=O) groups is 2. The quantitative estimate of drug-likeness (QED) is 0.366. The van der Waals surface area contributed by atoms with Crippen LogP contribution in [-0.2, 0) is 4.79 Å². The highest BCUT2D eigenvalue weighted by atomic mass is 16.2. The zero-order chi connectivity index (χ0) is 17.8. The first kappa shape index (κ1) is 19.5. The lowest BCUT2D eigenvalue weighted by molar-refractivity contribution is -0.127. The highest BCUT2D eigenvalue weighted by molar-refractivity contribution is 5.94. The van der Waals surface area contributed by atoms with E-state index < -0.39 is 0 Å². The molecular weight excluding hydrogens is 306 g/mol. The van der Waals surface area contributed by atoms with Gasteiger partial charge in [-0.25, -0.2) is 4.99 Å². The second-order valence-corrected chi connectivity index (χ2v) is 5.39. The summed E-state index contributed by atoms with van der Waals surface area (Å²) in [6, 6.07) is 9.12. The van der Waals surface area contributed by atoms with Gasteiger partial charge in [0.15, 0.2) is 5.96 Å². The maximum Gasteiger partial charge on any atom is 0.251 e. The maximum absolute atomic E-state index is 11.9. The van der Waals surface area contributed by atoms with Crippen molar-refractivity contribution < 1.29 is 9.59 Å². The molecule has 0 saturated carbocycles. The molecule has 0 bridgehead atoms. The third-order valence-corrected chi connectivity index (χ3v) is 3.18. The lowest BCUT2D eigenvalue weighted by Crippen LogP contribution is -2.39. The SMILES string of the molecule is CCNC(=NCC(=O)N(C)C)NCCCNC(=O)c1ccccc1. The van der Waals surface area contributed by atoms with Crippen LogP contribution in [0.4, 0.5) is 0 Å². The van der Waals surface area contributed by atoms with E-state index in [4.69, 9.17) is 0 Å². The third-order valence-electron chi connectivity index (χ3n) is 3.18. The van der Waals surface area contributed by atoms with Crippen LogP contribution in [0, 0.1) is 0 Å². The second-order valence-electron chi connectivity index (χ2n) is 5.39. The molecule has 0 unspecified atom stereocenters. The molecule has 132 valence electrons. The molecule has 0 saturated heterocycles. The Hall–Kier alpha value is -2.57. The van der Waals surface area contributed by atoms with Gasteiger partial charge < -0.3 is 20.9 Å². The van der Waals surface area contributed by atoms with Crippen LogP contribution >= 0.6 is 0 Å². The summed E-state index contributed by atoms with van der Waals surface area (Å²) in [6.07, 6.45) is 0.755. The number of aliphatic imine (C=N–C) groups is 1. The van der Waals surface area contributed by atoms with E-state index in [9.17, 15) is 9.59 Å². The molecule has 0 heterocycles. The van der Waals surface area contributed by atoms with E-state index >= 15 is 0 Å². The molecule has 1 aromatic rings. The first-order chi connectivity index (χ1) is 11.5. The summed E-state index contributed by atoms with van der Waals surface area (Å²) in [7, 11) is 3.40. The van der Waals surface area contributed by atoms with Gasteiger partial charge >= 0.3 is 0 Å². The van der Waals surface area contributed by atoms with E-state index in [-0.39, 0.29) is 18.4 Å². The number of guanidine groups is 1. The molecule has 1 rings (SSSR count). The van der Waals surface area contributed by atoms with E-state index in [0.717, 1.165) is 6.42 Å². The molecule has 0 aromatic heterocycles. The first-order valence-corrected chi connectivity index (χ1v) is 8.10. The summed E-state index contributed by atoms with van der Waals surface area (Å²) in [5, 5.41) is 9.10. The number of nitrogens with zero attached hydrogens (tertiary/aromatic N) is 2. The number of hydrogen-bond donors (Lipinski definition) is 3. The van der Waals surface area contributed by atoms with E-state index in [2.05, 4.69) is 20.9 Å². The van der Waals surface area contributed by atoms with Crippen molar-refractivity contribution in [3.8, 4) is 0 Å². The largest absolute Gasteiger partial charge is 0.357 e. The van der Waals surface area contributed by atoms with Gasteiger partial charge in [-0.3, -0.25) is 9.59 Å². The summed E-state index contributed by atoms with van der Waals surface area (Å²) >= 11 is 0. The number of amides is 2. The standard InChI is InChI=1S/C17H27N5O2/c1-4-18-17(21-13-15(23)22(2)3)20-12-8-11-19-16(24)14-9-6-5-7-10-14/h5-7,9-10H,4,8,11-13H2,1-3H3,(H,19,24)(H2,18,20,21). The second kappa shape index (κ2) is 11.0. The lowest BCUT2D eigenvalue weighted by Gasteiger charge is -2.13. The Labute approximate surface area is 143 Å². The molecule has 24 heavy (non-hydrogen) atoms. The van der Waals surface area contributed by atoms with Gasteiger partial charge in [-0.1, -0.05) is 18.2 Å². The molecule has 7 heteroatoms. The fraction of sp³-hybridized carbons (Fsp3) is 0.471.